The number of pyridine rings is 1. The van der Waals surface area contributed by atoms with E-state index in [1.807, 2.05) is 6.07 Å². The lowest BCUT2D eigenvalue weighted by Gasteiger charge is -2.28. The molecule has 2 aliphatic heterocycles. The van der Waals surface area contributed by atoms with Gasteiger partial charge in [-0.15, -0.1) is 0 Å². The first-order valence-corrected chi connectivity index (χ1v) is 11.8. The van der Waals surface area contributed by atoms with Crippen LogP contribution in [0.4, 0.5) is 5.82 Å². The molecule has 29 heavy (non-hydrogen) atoms. The van der Waals surface area contributed by atoms with Crippen LogP contribution in [0.3, 0.4) is 0 Å². The Morgan fingerprint density at radius 1 is 1.14 bits per heavy atom. The zero-order valence-corrected chi connectivity index (χ0v) is 17.9. The number of rotatable bonds is 3. The summed E-state index contributed by atoms with van der Waals surface area (Å²) in [6.07, 6.45) is 2.50. The van der Waals surface area contributed by atoms with Gasteiger partial charge in [0.25, 0.3) is 5.91 Å². The molecule has 1 amide bonds. The monoisotopic (exact) mass is 417 g/mol. The summed E-state index contributed by atoms with van der Waals surface area (Å²) in [4.78, 5) is 25.7. The molecule has 2 aromatic heterocycles. The Labute approximate surface area is 171 Å². The quantitative estimate of drug-likeness (QED) is 0.750. The molecule has 8 nitrogen and oxygen atoms in total. The predicted molar refractivity (Wildman–Crippen MR) is 111 cm³/mol. The first kappa shape index (κ1) is 19.9. The van der Waals surface area contributed by atoms with Crippen LogP contribution in [0.15, 0.2) is 18.3 Å². The first-order valence-electron chi connectivity index (χ1n) is 10.0. The number of amides is 1. The number of aromatic nitrogens is 3. The largest absolute Gasteiger partial charge is 0.350 e. The molecule has 0 radical (unpaired) electrons. The molecule has 0 saturated carbocycles. The molecule has 2 aromatic rings. The highest BCUT2D eigenvalue weighted by Crippen LogP contribution is 2.26. The number of imidazole rings is 1. The summed E-state index contributed by atoms with van der Waals surface area (Å²) in [5.74, 6) is 2.21. The number of hydrogen-bond acceptors (Lipinski definition) is 6. The first-order chi connectivity index (χ1) is 13.7. The molecule has 1 fully saturated rings. The molecular formula is C20H27N5O3S. The van der Waals surface area contributed by atoms with E-state index in [9.17, 15) is 13.2 Å². The third-order valence-corrected chi connectivity index (χ3v) is 7.37. The van der Waals surface area contributed by atoms with Gasteiger partial charge < -0.3 is 14.4 Å². The fourth-order valence-electron chi connectivity index (χ4n) is 4.06. The Kier molecular flexibility index (Phi) is 5.10. The maximum Gasteiger partial charge on any atom is 0.255 e. The summed E-state index contributed by atoms with van der Waals surface area (Å²) in [5, 5.41) is 0. The number of carbonyl (C=O) groups is 1. The standard InChI is InChI=1S/C20H27N5O3S/c1-14(2)19-22-16-13-25(7-6-17(16)23(19)3)18-5-4-15(12-21-18)20(26)24-8-10-29(27,28)11-9-24/h4-5,12,14H,6-11,13H2,1-3H3. The fraction of sp³-hybridized carbons (Fsp3) is 0.550. The van der Waals surface area contributed by atoms with Gasteiger partial charge in [-0.1, -0.05) is 13.8 Å². The van der Waals surface area contributed by atoms with Crippen molar-refractivity contribution in [2.24, 2.45) is 7.05 Å². The molecule has 0 N–H and O–H groups in total. The molecule has 9 heteroatoms. The van der Waals surface area contributed by atoms with Crippen LogP contribution in [-0.4, -0.2) is 64.9 Å². The van der Waals surface area contributed by atoms with Gasteiger partial charge in [-0.05, 0) is 12.1 Å². The number of nitrogens with zero attached hydrogens (tertiary/aromatic N) is 5. The number of sulfone groups is 1. The maximum atomic E-state index is 12.6. The number of fused-ring (bicyclic) bond motifs is 1. The molecule has 156 valence electrons. The second kappa shape index (κ2) is 7.44. The van der Waals surface area contributed by atoms with Crippen LogP contribution in [0.25, 0.3) is 0 Å². The van der Waals surface area contributed by atoms with E-state index in [0.717, 1.165) is 30.3 Å². The molecule has 0 aliphatic carbocycles. The molecule has 4 rings (SSSR count). The average Bonchev–Trinajstić information content (AvgIpc) is 3.04. The SMILES string of the molecule is CC(C)c1nc2c(n1C)CCN(c1ccc(C(=O)N3CCS(=O)(=O)CC3)cn1)C2. The third-order valence-electron chi connectivity index (χ3n) is 5.76. The lowest BCUT2D eigenvalue weighted by atomic mass is 10.1. The summed E-state index contributed by atoms with van der Waals surface area (Å²) in [6.45, 7) is 6.36. The lowest BCUT2D eigenvalue weighted by Crippen LogP contribution is -2.43. The van der Waals surface area contributed by atoms with Crippen molar-refractivity contribution in [3.63, 3.8) is 0 Å². The van der Waals surface area contributed by atoms with E-state index in [2.05, 4.69) is 35.3 Å². The Morgan fingerprint density at radius 2 is 1.86 bits per heavy atom. The van der Waals surface area contributed by atoms with Crippen LogP contribution in [-0.2, 0) is 29.9 Å². The smallest absolute Gasteiger partial charge is 0.255 e. The van der Waals surface area contributed by atoms with E-state index in [1.165, 1.54) is 5.69 Å². The number of anilines is 1. The highest BCUT2D eigenvalue weighted by molar-refractivity contribution is 7.91. The fourth-order valence-corrected chi connectivity index (χ4v) is 5.26. The van der Waals surface area contributed by atoms with Crippen molar-refractivity contribution in [3.05, 3.63) is 41.1 Å². The van der Waals surface area contributed by atoms with Crippen LogP contribution < -0.4 is 4.90 Å². The topological polar surface area (TPSA) is 88.4 Å². The average molecular weight is 418 g/mol. The molecule has 0 unspecified atom stereocenters. The van der Waals surface area contributed by atoms with Gasteiger partial charge in [0.1, 0.15) is 11.6 Å². The van der Waals surface area contributed by atoms with E-state index >= 15 is 0 Å². The maximum absolute atomic E-state index is 12.6. The zero-order valence-electron chi connectivity index (χ0n) is 17.1. The Bertz CT molecular complexity index is 1010. The van der Waals surface area contributed by atoms with Crippen molar-refractivity contribution < 1.29 is 13.2 Å². The van der Waals surface area contributed by atoms with Crippen LogP contribution in [0.1, 0.15) is 47.3 Å². The number of carbonyl (C=O) groups excluding carboxylic acids is 1. The molecule has 0 aromatic carbocycles. The second-order valence-electron chi connectivity index (χ2n) is 8.10. The normalized spacial score (nSPS) is 18.8. The van der Waals surface area contributed by atoms with E-state index in [-0.39, 0.29) is 30.5 Å². The molecule has 0 bridgehead atoms. The van der Waals surface area contributed by atoms with Crippen molar-refractivity contribution in [3.8, 4) is 0 Å². The second-order valence-corrected chi connectivity index (χ2v) is 10.4. The van der Waals surface area contributed by atoms with E-state index in [4.69, 9.17) is 4.98 Å². The van der Waals surface area contributed by atoms with E-state index < -0.39 is 9.84 Å². The Morgan fingerprint density at radius 3 is 2.48 bits per heavy atom. The van der Waals surface area contributed by atoms with E-state index in [1.54, 1.807) is 17.2 Å². The lowest BCUT2D eigenvalue weighted by molar-refractivity contribution is 0.0770. The van der Waals surface area contributed by atoms with Gasteiger partial charge in [-0.3, -0.25) is 4.79 Å². The van der Waals surface area contributed by atoms with Crippen molar-refractivity contribution in [1.29, 1.82) is 0 Å². The van der Waals surface area contributed by atoms with Gasteiger partial charge in [-0.25, -0.2) is 18.4 Å². The minimum absolute atomic E-state index is 0.0306. The van der Waals surface area contributed by atoms with Gasteiger partial charge in [0.2, 0.25) is 0 Å². The van der Waals surface area contributed by atoms with Crippen molar-refractivity contribution >= 4 is 21.6 Å². The molecule has 0 atom stereocenters. The van der Waals surface area contributed by atoms with Gasteiger partial charge in [-0.2, -0.15) is 0 Å². The van der Waals surface area contributed by atoms with Crippen LogP contribution in [0.2, 0.25) is 0 Å². The summed E-state index contributed by atoms with van der Waals surface area (Å²) in [6, 6.07) is 3.65. The van der Waals surface area contributed by atoms with Gasteiger partial charge in [0.15, 0.2) is 9.84 Å². The zero-order chi connectivity index (χ0) is 20.8. The molecular weight excluding hydrogens is 390 g/mol. The third kappa shape index (κ3) is 3.88. The molecule has 2 aliphatic rings. The van der Waals surface area contributed by atoms with Crippen molar-refractivity contribution in [2.45, 2.75) is 32.7 Å². The summed E-state index contributed by atoms with van der Waals surface area (Å²) in [7, 11) is -0.923. The van der Waals surface area contributed by atoms with Crippen LogP contribution >= 0.6 is 0 Å². The van der Waals surface area contributed by atoms with Crippen LogP contribution in [0.5, 0.6) is 0 Å². The molecule has 4 heterocycles. The highest BCUT2D eigenvalue weighted by atomic mass is 32.2. The summed E-state index contributed by atoms with van der Waals surface area (Å²) < 4.78 is 25.3. The minimum Gasteiger partial charge on any atom is -0.350 e. The highest BCUT2D eigenvalue weighted by Gasteiger charge is 2.27. The van der Waals surface area contributed by atoms with Crippen molar-refractivity contribution in [2.75, 3.05) is 36.0 Å². The van der Waals surface area contributed by atoms with Gasteiger partial charge in [0, 0.05) is 50.9 Å². The summed E-state index contributed by atoms with van der Waals surface area (Å²) in [5.41, 5.74) is 2.88. The van der Waals surface area contributed by atoms with Gasteiger partial charge in [0.05, 0.1) is 29.3 Å². The number of hydrogen-bond donors (Lipinski definition) is 0. The Balaban J connectivity index is 1.46. The molecule has 1 saturated heterocycles. The minimum atomic E-state index is -3.01. The summed E-state index contributed by atoms with van der Waals surface area (Å²) >= 11 is 0. The molecule has 0 spiro atoms. The van der Waals surface area contributed by atoms with E-state index in [0.29, 0.717) is 18.0 Å². The predicted octanol–water partition coefficient (Wildman–Crippen LogP) is 1.37. The van der Waals surface area contributed by atoms with Gasteiger partial charge >= 0.3 is 0 Å². The van der Waals surface area contributed by atoms with Crippen LogP contribution in [0, 0.1) is 0 Å². The Hall–Kier alpha value is -2.42. The van der Waals surface area contributed by atoms with Crippen molar-refractivity contribution in [1.82, 2.24) is 19.4 Å².